The van der Waals surface area contributed by atoms with E-state index in [0.717, 1.165) is 24.5 Å². The van der Waals surface area contributed by atoms with Crippen LogP contribution in [0.25, 0.3) is 0 Å². The van der Waals surface area contributed by atoms with Gasteiger partial charge >= 0.3 is 0 Å². The van der Waals surface area contributed by atoms with Crippen LogP contribution in [0, 0.1) is 5.82 Å². The van der Waals surface area contributed by atoms with Crippen LogP contribution in [0.15, 0.2) is 30.6 Å². The first kappa shape index (κ1) is 11.6. The van der Waals surface area contributed by atoms with E-state index in [1.807, 2.05) is 10.7 Å². The van der Waals surface area contributed by atoms with Crippen LogP contribution in [0.2, 0.25) is 0 Å². The van der Waals surface area contributed by atoms with Gasteiger partial charge in [0.25, 0.3) is 0 Å². The van der Waals surface area contributed by atoms with Gasteiger partial charge in [-0.1, -0.05) is 13.0 Å². The molecule has 2 aromatic rings. The molecule has 0 aliphatic rings. The van der Waals surface area contributed by atoms with E-state index in [9.17, 15) is 4.39 Å². The topological polar surface area (TPSA) is 42.7 Å². The highest BCUT2D eigenvalue weighted by Gasteiger charge is 2.03. The van der Waals surface area contributed by atoms with Crippen LogP contribution >= 0.6 is 0 Å². The molecular weight excluding hydrogens is 219 g/mol. The van der Waals surface area contributed by atoms with Crippen molar-refractivity contribution in [2.24, 2.45) is 0 Å². The number of nitrogens with one attached hydrogen (secondary N) is 1. The van der Waals surface area contributed by atoms with Crippen molar-refractivity contribution in [3.8, 4) is 0 Å². The SMILES string of the molecule is CCCn1ncnc1CNc1cccc(F)c1. The molecule has 0 aliphatic carbocycles. The van der Waals surface area contributed by atoms with E-state index in [-0.39, 0.29) is 5.82 Å². The molecule has 0 spiro atoms. The Labute approximate surface area is 99.5 Å². The summed E-state index contributed by atoms with van der Waals surface area (Å²) in [5.41, 5.74) is 0.746. The first-order valence-electron chi connectivity index (χ1n) is 5.65. The summed E-state index contributed by atoms with van der Waals surface area (Å²) >= 11 is 0. The average Bonchev–Trinajstić information content (AvgIpc) is 2.75. The van der Waals surface area contributed by atoms with Crippen molar-refractivity contribution in [1.82, 2.24) is 14.8 Å². The molecule has 5 heteroatoms. The monoisotopic (exact) mass is 234 g/mol. The predicted octanol–water partition coefficient (Wildman–Crippen LogP) is 2.44. The van der Waals surface area contributed by atoms with E-state index in [4.69, 9.17) is 0 Å². The second-order valence-electron chi connectivity index (χ2n) is 3.76. The van der Waals surface area contributed by atoms with E-state index in [1.54, 1.807) is 6.07 Å². The summed E-state index contributed by atoms with van der Waals surface area (Å²) in [6, 6.07) is 6.38. The first-order chi connectivity index (χ1) is 8.29. The quantitative estimate of drug-likeness (QED) is 0.864. The molecule has 0 amide bonds. The molecule has 0 atom stereocenters. The van der Waals surface area contributed by atoms with Gasteiger partial charge in [-0.3, -0.25) is 0 Å². The van der Waals surface area contributed by atoms with Gasteiger partial charge in [0.15, 0.2) is 0 Å². The van der Waals surface area contributed by atoms with Crippen molar-refractivity contribution in [1.29, 1.82) is 0 Å². The van der Waals surface area contributed by atoms with Crippen LogP contribution in [0.4, 0.5) is 10.1 Å². The Kier molecular flexibility index (Phi) is 3.69. The standard InChI is InChI=1S/C12H15FN4/c1-2-6-17-12(15-9-16-17)8-14-11-5-3-4-10(13)7-11/h3-5,7,9,14H,2,6,8H2,1H3. The Morgan fingerprint density at radius 3 is 3.06 bits per heavy atom. The van der Waals surface area contributed by atoms with E-state index >= 15 is 0 Å². The van der Waals surface area contributed by atoms with Gasteiger partial charge < -0.3 is 5.32 Å². The lowest BCUT2D eigenvalue weighted by atomic mass is 10.3. The van der Waals surface area contributed by atoms with E-state index in [2.05, 4.69) is 22.3 Å². The molecule has 0 aliphatic heterocycles. The van der Waals surface area contributed by atoms with Gasteiger partial charge in [-0.25, -0.2) is 14.1 Å². The molecular formula is C12H15FN4. The molecule has 0 bridgehead atoms. The number of hydrogen-bond acceptors (Lipinski definition) is 3. The molecule has 0 saturated carbocycles. The number of anilines is 1. The molecule has 1 aromatic heterocycles. The number of hydrogen-bond donors (Lipinski definition) is 1. The number of aromatic nitrogens is 3. The average molecular weight is 234 g/mol. The van der Waals surface area contributed by atoms with Gasteiger partial charge in [0.1, 0.15) is 18.0 Å². The fraction of sp³-hybridized carbons (Fsp3) is 0.333. The zero-order valence-corrected chi connectivity index (χ0v) is 9.73. The molecule has 4 nitrogen and oxygen atoms in total. The summed E-state index contributed by atoms with van der Waals surface area (Å²) in [5.74, 6) is 0.612. The van der Waals surface area contributed by atoms with Crippen molar-refractivity contribution < 1.29 is 4.39 Å². The highest BCUT2D eigenvalue weighted by Crippen LogP contribution is 2.10. The smallest absolute Gasteiger partial charge is 0.146 e. The van der Waals surface area contributed by atoms with Crippen molar-refractivity contribution >= 4 is 5.69 Å². The maximum Gasteiger partial charge on any atom is 0.146 e. The van der Waals surface area contributed by atoms with Gasteiger partial charge in [0.05, 0.1) is 6.54 Å². The third kappa shape index (κ3) is 3.03. The Hall–Kier alpha value is -1.91. The van der Waals surface area contributed by atoms with Crippen molar-refractivity contribution in [3.05, 3.63) is 42.2 Å². The molecule has 17 heavy (non-hydrogen) atoms. The molecule has 0 unspecified atom stereocenters. The first-order valence-corrected chi connectivity index (χ1v) is 5.65. The maximum absolute atomic E-state index is 13.0. The number of aryl methyl sites for hydroxylation is 1. The van der Waals surface area contributed by atoms with Crippen LogP contribution in [0.1, 0.15) is 19.2 Å². The molecule has 1 aromatic carbocycles. The predicted molar refractivity (Wildman–Crippen MR) is 64.0 cm³/mol. The summed E-state index contributed by atoms with van der Waals surface area (Å²) in [5, 5.41) is 7.25. The Balaban J connectivity index is 1.99. The van der Waals surface area contributed by atoms with Crippen molar-refractivity contribution in [2.75, 3.05) is 5.32 Å². The molecule has 0 saturated heterocycles. The normalized spacial score (nSPS) is 10.5. The summed E-state index contributed by atoms with van der Waals surface area (Å²) in [4.78, 5) is 4.17. The molecule has 0 fully saturated rings. The number of nitrogens with zero attached hydrogens (tertiary/aromatic N) is 3. The van der Waals surface area contributed by atoms with E-state index < -0.39 is 0 Å². The van der Waals surface area contributed by atoms with Gasteiger partial charge in [-0.05, 0) is 24.6 Å². The summed E-state index contributed by atoms with van der Waals surface area (Å²) in [6.45, 7) is 3.48. The van der Waals surface area contributed by atoms with Crippen LogP contribution in [-0.2, 0) is 13.1 Å². The van der Waals surface area contributed by atoms with Gasteiger partial charge in [-0.2, -0.15) is 5.10 Å². The number of rotatable bonds is 5. The fourth-order valence-corrected chi connectivity index (χ4v) is 1.60. The second kappa shape index (κ2) is 5.43. The largest absolute Gasteiger partial charge is 0.378 e. The maximum atomic E-state index is 13.0. The Bertz CT molecular complexity index is 481. The minimum atomic E-state index is -0.245. The lowest BCUT2D eigenvalue weighted by Gasteiger charge is -2.07. The third-order valence-corrected chi connectivity index (χ3v) is 2.41. The fourth-order valence-electron chi connectivity index (χ4n) is 1.60. The van der Waals surface area contributed by atoms with Crippen molar-refractivity contribution in [2.45, 2.75) is 26.4 Å². The summed E-state index contributed by atoms with van der Waals surface area (Å²) in [7, 11) is 0. The lowest BCUT2D eigenvalue weighted by molar-refractivity contribution is 0.574. The van der Waals surface area contributed by atoms with Gasteiger partial charge in [-0.15, -0.1) is 0 Å². The number of benzene rings is 1. The van der Waals surface area contributed by atoms with Crippen LogP contribution in [0.3, 0.4) is 0 Å². The minimum absolute atomic E-state index is 0.245. The zero-order chi connectivity index (χ0) is 12.1. The highest BCUT2D eigenvalue weighted by atomic mass is 19.1. The van der Waals surface area contributed by atoms with E-state index in [0.29, 0.717) is 6.54 Å². The van der Waals surface area contributed by atoms with Crippen molar-refractivity contribution in [3.63, 3.8) is 0 Å². The van der Waals surface area contributed by atoms with Crippen LogP contribution in [-0.4, -0.2) is 14.8 Å². The zero-order valence-electron chi connectivity index (χ0n) is 9.73. The molecule has 1 N–H and O–H groups in total. The Morgan fingerprint density at radius 2 is 2.29 bits per heavy atom. The Morgan fingerprint density at radius 1 is 1.41 bits per heavy atom. The van der Waals surface area contributed by atoms with Crippen LogP contribution in [0.5, 0.6) is 0 Å². The minimum Gasteiger partial charge on any atom is -0.378 e. The van der Waals surface area contributed by atoms with Crippen LogP contribution < -0.4 is 5.32 Å². The highest BCUT2D eigenvalue weighted by molar-refractivity contribution is 5.42. The second-order valence-corrected chi connectivity index (χ2v) is 3.76. The third-order valence-electron chi connectivity index (χ3n) is 2.41. The van der Waals surface area contributed by atoms with E-state index in [1.165, 1.54) is 18.5 Å². The molecule has 1 heterocycles. The van der Waals surface area contributed by atoms with Gasteiger partial charge in [0, 0.05) is 12.2 Å². The van der Waals surface area contributed by atoms with Gasteiger partial charge in [0.2, 0.25) is 0 Å². The lowest BCUT2D eigenvalue weighted by Crippen LogP contribution is -2.10. The number of halogens is 1. The summed E-state index contributed by atoms with van der Waals surface area (Å²) in [6.07, 6.45) is 2.55. The molecule has 90 valence electrons. The molecule has 0 radical (unpaired) electrons. The molecule has 2 rings (SSSR count). The summed E-state index contributed by atoms with van der Waals surface area (Å²) < 4.78 is 14.8.